The normalized spacial score (nSPS) is 17.8. The molecule has 1 heterocycles. The first kappa shape index (κ1) is 14.2. The van der Waals surface area contributed by atoms with E-state index in [9.17, 15) is 4.79 Å². The molecule has 19 heavy (non-hydrogen) atoms. The topological polar surface area (TPSA) is 23.6 Å². The van der Waals surface area contributed by atoms with E-state index in [-0.39, 0.29) is 5.78 Å². The number of nitrogens with zero attached hydrogens (tertiary/aromatic N) is 2. The Bertz CT molecular complexity index is 394. The third kappa shape index (κ3) is 4.15. The summed E-state index contributed by atoms with van der Waals surface area (Å²) in [6.07, 6.45) is 3.07. The second-order valence-electron chi connectivity index (χ2n) is 5.58. The van der Waals surface area contributed by atoms with Gasteiger partial charge in [0.25, 0.3) is 0 Å². The molecule has 1 aromatic rings. The van der Waals surface area contributed by atoms with Gasteiger partial charge in [0.2, 0.25) is 0 Å². The largest absolute Gasteiger partial charge is 0.306 e. The summed E-state index contributed by atoms with van der Waals surface area (Å²) in [7, 11) is 4.30. The molecule has 0 spiro atoms. The summed E-state index contributed by atoms with van der Waals surface area (Å²) in [5, 5.41) is 0. The van der Waals surface area contributed by atoms with Crippen LogP contribution in [0.5, 0.6) is 0 Å². The lowest BCUT2D eigenvalue weighted by Crippen LogP contribution is -2.42. The summed E-state index contributed by atoms with van der Waals surface area (Å²) in [4.78, 5) is 16.8. The minimum absolute atomic E-state index is 0.260. The number of carbonyl (C=O) groups is 1. The number of carbonyl (C=O) groups excluding carboxylic acids is 1. The van der Waals surface area contributed by atoms with Crippen molar-refractivity contribution in [2.24, 2.45) is 0 Å². The van der Waals surface area contributed by atoms with Gasteiger partial charge in [-0.05, 0) is 40.0 Å². The third-order valence-electron chi connectivity index (χ3n) is 4.04. The molecule has 0 aliphatic carbocycles. The Morgan fingerprint density at radius 3 is 2.42 bits per heavy atom. The first-order valence-corrected chi connectivity index (χ1v) is 7.14. The van der Waals surface area contributed by atoms with Crippen LogP contribution in [0.3, 0.4) is 0 Å². The maximum Gasteiger partial charge on any atom is 0.164 e. The van der Waals surface area contributed by atoms with Crippen LogP contribution >= 0.6 is 0 Å². The predicted molar refractivity (Wildman–Crippen MR) is 78.5 cm³/mol. The second kappa shape index (κ2) is 6.83. The first-order chi connectivity index (χ1) is 9.16. The van der Waals surface area contributed by atoms with Crippen molar-refractivity contribution in [3.63, 3.8) is 0 Å². The van der Waals surface area contributed by atoms with Gasteiger partial charge in [0, 0.05) is 24.6 Å². The maximum atomic E-state index is 12.0. The molecule has 0 aromatic heterocycles. The van der Waals surface area contributed by atoms with E-state index in [1.165, 1.54) is 12.8 Å². The highest BCUT2D eigenvalue weighted by atomic mass is 16.1. The summed E-state index contributed by atoms with van der Waals surface area (Å²) in [5.74, 6) is 0.260. The lowest BCUT2D eigenvalue weighted by molar-refractivity contribution is 0.0940. The monoisotopic (exact) mass is 260 g/mol. The molecule has 0 radical (unpaired) electrons. The highest BCUT2D eigenvalue weighted by molar-refractivity contribution is 5.96. The lowest BCUT2D eigenvalue weighted by atomic mass is 10.0. The van der Waals surface area contributed by atoms with E-state index in [0.717, 1.165) is 25.2 Å². The highest BCUT2D eigenvalue weighted by Crippen LogP contribution is 2.14. The van der Waals surface area contributed by atoms with Crippen molar-refractivity contribution in [3.05, 3.63) is 35.9 Å². The van der Waals surface area contributed by atoms with Gasteiger partial charge in [0.15, 0.2) is 5.78 Å². The molecule has 104 valence electrons. The average Bonchev–Trinajstić information content (AvgIpc) is 2.46. The lowest BCUT2D eigenvalue weighted by Gasteiger charge is -2.35. The number of hydrogen-bond acceptors (Lipinski definition) is 3. The van der Waals surface area contributed by atoms with E-state index in [4.69, 9.17) is 0 Å². The van der Waals surface area contributed by atoms with E-state index < -0.39 is 0 Å². The van der Waals surface area contributed by atoms with Crippen molar-refractivity contribution >= 4 is 5.78 Å². The van der Waals surface area contributed by atoms with E-state index in [1.54, 1.807) is 0 Å². The molecule has 0 N–H and O–H groups in total. The number of hydrogen-bond donors (Lipinski definition) is 0. The van der Waals surface area contributed by atoms with Crippen molar-refractivity contribution in [1.29, 1.82) is 0 Å². The van der Waals surface area contributed by atoms with Gasteiger partial charge in [-0.15, -0.1) is 0 Å². The minimum Gasteiger partial charge on any atom is -0.306 e. The zero-order valence-corrected chi connectivity index (χ0v) is 12.0. The van der Waals surface area contributed by atoms with Crippen LogP contribution in [-0.2, 0) is 0 Å². The van der Waals surface area contributed by atoms with Gasteiger partial charge < -0.3 is 9.80 Å². The van der Waals surface area contributed by atoms with Crippen LogP contribution in [0.4, 0.5) is 0 Å². The molecule has 1 aromatic carbocycles. The Morgan fingerprint density at radius 1 is 1.21 bits per heavy atom. The number of likely N-dealkylation sites (tertiary alicyclic amines) is 1. The molecule has 2 rings (SSSR count). The van der Waals surface area contributed by atoms with Gasteiger partial charge in [0.1, 0.15) is 0 Å². The van der Waals surface area contributed by atoms with Crippen LogP contribution < -0.4 is 0 Å². The molecule has 0 bridgehead atoms. The smallest absolute Gasteiger partial charge is 0.164 e. The molecular formula is C16H24N2O. The molecule has 3 heteroatoms. The van der Waals surface area contributed by atoms with Crippen LogP contribution in [0.2, 0.25) is 0 Å². The summed E-state index contributed by atoms with van der Waals surface area (Å²) >= 11 is 0. The number of Topliss-reactive ketones (excluding diaryl/α,β-unsaturated/α-hetero) is 1. The van der Waals surface area contributed by atoms with Gasteiger partial charge in [-0.1, -0.05) is 30.3 Å². The maximum absolute atomic E-state index is 12.0. The van der Waals surface area contributed by atoms with Gasteiger partial charge >= 0.3 is 0 Å². The van der Waals surface area contributed by atoms with Crippen molar-refractivity contribution < 1.29 is 4.79 Å². The molecular weight excluding hydrogens is 236 g/mol. The van der Waals surface area contributed by atoms with E-state index in [1.807, 2.05) is 30.3 Å². The molecule has 3 nitrogen and oxygen atoms in total. The molecule has 0 saturated carbocycles. The fraction of sp³-hybridized carbons (Fsp3) is 0.562. The Kier molecular flexibility index (Phi) is 5.11. The van der Waals surface area contributed by atoms with E-state index >= 15 is 0 Å². The van der Waals surface area contributed by atoms with Crippen LogP contribution in [-0.4, -0.2) is 55.4 Å². The van der Waals surface area contributed by atoms with E-state index in [0.29, 0.717) is 12.5 Å². The average molecular weight is 260 g/mol. The summed E-state index contributed by atoms with van der Waals surface area (Å²) < 4.78 is 0. The summed E-state index contributed by atoms with van der Waals surface area (Å²) in [5.41, 5.74) is 0.839. The van der Waals surface area contributed by atoms with Crippen molar-refractivity contribution in [3.8, 4) is 0 Å². The number of benzene rings is 1. The number of piperidine rings is 1. The van der Waals surface area contributed by atoms with Crippen molar-refractivity contribution in [2.45, 2.75) is 25.3 Å². The molecule has 0 amide bonds. The van der Waals surface area contributed by atoms with Crippen LogP contribution in [0, 0.1) is 0 Å². The summed E-state index contributed by atoms with van der Waals surface area (Å²) in [6.45, 7) is 3.13. The Hall–Kier alpha value is -1.19. The molecule has 1 aliphatic rings. The standard InChI is InChI=1S/C16H24N2O/c1-17(2)15-8-11-18(12-9-15)13-10-16(19)14-6-4-3-5-7-14/h3-7,15H,8-13H2,1-2H3. The number of ketones is 1. The molecule has 0 unspecified atom stereocenters. The van der Waals surface area contributed by atoms with Crippen LogP contribution in [0.1, 0.15) is 29.6 Å². The van der Waals surface area contributed by atoms with Crippen molar-refractivity contribution in [2.75, 3.05) is 33.7 Å². The predicted octanol–water partition coefficient (Wildman–Crippen LogP) is 2.29. The van der Waals surface area contributed by atoms with Crippen LogP contribution in [0.25, 0.3) is 0 Å². The van der Waals surface area contributed by atoms with E-state index in [2.05, 4.69) is 23.9 Å². The SMILES string of the molecule is CN(C)C1CCN(CCC(=O)c2ccccc2)CC1. The Labute approximate surface area is 116 Å². The fourth-order valence-electron chi connectivity index (χ4n) is 2.69. The third-order valence-corrected chi connectivity index (χ3v) is 4.04. The highest BCUT2D eigenvalue weighted by Gasteiger charge is 2.20. The Balaban J connectivity index is 1.74. The fourth-order valence-corrected chi connectivity index (χ4v) is 2.69. The van der Waals surface area contributed by atoms with Crippen molar-refractivity contribution in [1.82, 2.24) is 9.80 Å². The summed E-state index contributed by atoms with van der Waals surface area (Å²) in [6, 6.07) is 10.3. The minimum atomic E-state index is 0.260. The van der Waals surface area contributed by atoms with Gasteiger partial charge in [-0.2, -0.15) is 0 Å². The van der Waals surface area contributed by atoms with Crippen LogP contribution in [0.15, 0.2) is 30.3 Å². The quantitative estimate of drug-likeness (QED) is 0.759. The van der Waals surface area contributed by atoms with Gasteiger partial charge in [0.05, 0.1) is 0 Å². The first-order valence-electron chi connectivity index (χ1n) is 7.14. The zero-order valence-electron chi connectivity index (χ0n) is 12.0. The second-order valence-corrected chi connectivity index (χ2v) is 5.58. The Morgan fingerprint density at radius 2 is 1.84 bits per heavy atom. The molecule has 0 atom stereocenters. The zero-order chi connectivity index (χ0) is 13.7. The molecule has 1 saturated heterocycles. The molecule has 1 aliphatic heterocycles. The van der Waals surface area contributed by atoms with Gasteiger partial charge in [-0.25, -0.2) is 0 Å². The molecule has 1 fully saturated rings. The number of rotatable bonds is 5. The van der Waals surface area contributed by atoms with Gasteiger partial charge in [-0.3, -0.25) is 4.79 Å².